The second-order valence-corrected chi connectivity index (χ2v) is 4.95. The third-order valence-corrected chi connectivity index (χ3v) is 3.47. The van der Waals surface area contributed by atoms with E-state index in [1.54, 1.807) is 0 Å². The average Bonchev–Trinajstić information content (AvgIpc) is 2.72. The Labute approximate surface area is 114 Å². The molecule has 106 valence electrons. The fourth-order valence-electron chi connectivity index (χ4n) is 1.55. The van der Waals surface area contributed by atoms with Crippen molar-refractivity contribution in [1.82, 2.24) is 4.98 Å². The Morgan fingerprint density at radius 3 is 2.35 bits per heavy atom. The molecular weight excluding hydrogens is 298 g/mol. The van der Waals surface area contributed by atoms with Gasteiger partial charge in [-0.15, -0.1) is 11.3 Å². The third-order valence-electron chi connectivity index (χ3n) is 2.37. The fraction of sp³-hybridized carbons (Fsp3) is 0.167. The van der Waals surface area contributed by atoms with Gasteiger partial charge in [0.2, 0.25) is 0 Å². The van der Waals surface area contributed by atoms with Gasteiger partial charge in [0.25, 0.3) is 0 Å². The minimum absolute atomic E-state index is 0.00794. The number of hydrogen-bond acceptors (Lipinski definition) is 3. The normalized spacial score (nSPS) is 11.6. The lowest BCUT2D eigenvalue weighted by molar-refractivity contribution is -0.142. The van der Waals surface area contributed by atoms with Crippen LogP contribution in [0, 0.1) is 5.82 Å². The molecule has 3 nitrogen and oxygen atoms in total. The first kappa shape index (κ1) is 14.4. The highest BCUT2D eigenvalue weighted by Gasteiger charge is 2.38. The van der Waals surface area contributed by atoms with Gasteiger partial charge in [-0.25, -0.2) is 9.37 Å². The highest BCUT2D eigenvalue weighted by atomic mass is 32.1. The molecule has 0 saturated carbocycles. The van der Waals surface area contributed by atoms with Crippen LogP contribution < -0.4 is 0 Å². The van der Waals surface area contributed by atoms with Gasteiger partial charge in [-0.05, 0) is 24.3 Å². The molecule has 2 aromatic rings. The molecule has 0 aliphatic rings. The maximum Gasteiger partial charge on any atom is 0.434 e. The maximum absolute atomic E-state index is 12.8. The molecule has 1 N–H and O–H groups in total. The maximum atomic E-state index is 12.8. The van der Waals surface area contributed by atoms with Crippen molar-refractivity contribution < 1.29 is 27.5 Å². The second-order valence-electron chi connectivity index (χ2n) is 3.87. The molecule has 0 spiro atoms. The smallest absolute Gasteiger partial charge is 0.434 e. The predicted octanol–water partition coefficient (Wildman–Crippen LogP) is 3.60. The van der Waals surface area contributed by atoms with E-state index < -0.39 is 30.1 Å². The zero-order chi connectivity index (χ0) is 14.9. The largest absolute Gasteiger partial charge is 0.481 e. The van der Waals surface area contributed by atoms with Gasteiger partial charge >= 0.3 is 12.1 Å². The topological polar surface area (TPSA) is 50.2 Å². The first-order valence-corrected chi connectivity index (χ1v) is 6.13. The lowest BCUT2D eigenvalue weighted by atomic mass is 10.2. The Hall–Kier alpha value is -1.96. The first-order chi connectivity index (χ1) is 9.27. The predicted molar refractivity (Wildman–Crippen MR) is 63.8 cm³/mol. The third kappa shape index (κ3) is 3.13. The van der Waals surface area contributed by atoms with Crippen LogP contribution in [-0.4, -0.2) is 16.1 Å². The molecule has 20 heavy (non-hydrogen) atoms. The number of aromatic nitrogens is 1. The Morgan fingerprint density at radius 2 is 1.85 bits per heavy atom. The van der Waals surface area contributed by atoms with Crippen molar-refractivity contribution in [3.05, 3.63) is 40.7 Å². The lowest BCUT2D eigenvalue weighted by Gasteiger charge is -2.03. The van der Waals surface area contributed by atoms with E-state index in [1.165, 1.54) is 12.1 Å². The van der Waals surface area contributed by atoms with Gasteiger partial charge in [-0.2, -0.15) is 13.2 Å². The van der Waals surface area contributed by atoms with Crippen molar-refractivity contribution in [3.8, 4) is 10.6 Å². The molecule has 0 fully saturated rings. The summed E-state index contributed by atoms with van der Waals surface area (Å²) in [5.41, 5.74) is -0.900. The highest BCUT2D eigenvalue weighted by Crippen LogP contribution is 2.37. The summed E-state index contributed by atoms with van der Waals surface area (Å²) in [6.45, 7) is 0. The van der Waals surface area contributed by atoms with E-state index in [0.29, 0.717) is 16.9 Å². The van der Waals surface area contributed by atoms with Gasteiger partial charge in [-0.3, -0.25) is 4.79 Å². The van der Waals surface area contributed by atoms with Gasteiger partial charge in [0.1, 0.15) is 10.8 Å². The minimum atomic E-state index is -4.72. The molecule has 0 aliphatic carbocycles. The van der Waals surface area contributed by atoms with E-state index in [2.05, 4.69) is 4.98 Å². The number of carboxylic acids is 1. The van der Waals surface area contributed by atoms with E-state index in [9.17, 15) is 22.4 Å². The Balaban J connectivity index is 2.48. The average molecular weight is 305 g/mol. The summed E-state index contributed by atoms with van der Waals surface area (Å²) in [4.78, 5) is 13.7. The van der Waals surface area contributed by atoms with Crippen molar-refractivity contribution in [1.29, 1.82) is 0 Å². The summed E-state index contributed by atoms with van der Waals surface area (Å²) >= 11 is 0.639. The van der Waals surface area contributed by atoms with Crippen LogP contribution in [0.25, 0.3) is 10.6 Å². The number of aliphatic carboxylic acids is 1. The van der Waals surface area contributed by atoms with Crippen LogP contribution in [0.3, 0.4) is 0 Å². The summed E-state index contributed by atoms with van der Waals surface area (Å²) in [5, 5.41) is 8.64. The molecule has 0 unspecified atom stereocenters. The van der Waals surface area contributed by atoms with E-state index in [4.69, 9.17) is 5.11 Å². The number of carbonyl (C=O) groups is 1. The van der Waals surface area contributed by atoms with Crippen molar-refractivity contribution in [2.75, 3.05) is 0 Å². The Bertz CT molecular complexity index is 634. The molecule has 0 aliphatic heterocycles. The van der Waals surface area contributed by atoms with Crippen LogP contribution >= 0.6 is 11.3 Å². The van der Waals surface area contributed by atoms with Crippen LogP contribution in [0.1, 0.15) is 10.6 Å². The number of hydrogen-bond donors (Lipinski definition) is 1. The zero-order valence-electron chi connectivity index (χ0n) is 9.74. The van der Waals surface area contributed by atoms with Crippen LogP contribution in [0.4, 0.5) is 17.6 Å². The van der Waals surface area contributed by atoms with Crippen molar-refractivity contribution in [2.45, 2.75) is 12.6 Å². The number of carboxylic acid groups (broad SMARTS) is 1. The number of alkyl halides is 3. The summed E-state index contributed by atoms with van der Waals surface area (Å²) in [7, 11) is 0. The molecule has 1 aromatic carbocycles. The van der Waals surface area contributed by atoms with Gasteiger partial charge in [0.05, 0.1) is 6.42 Å². The van der Waals surface area contributed by atoms with E-state index in [1.807, 2.05) is 0 Å². The molecular formula is C12H7F4NO2S. The molecule has 0 bridgehead atoms. The highest BCUT2D eigenvalue weighted by molar-refractivity contribution is 7.15. The van der Waals surface area contributed by atoms with Gasteiger partial charge in [0.15, 0.2) is 5.69 Å². The number of thiazole rings is 1. The van der Waals surface area contributed by atoms with Gasteiger partial charge in [0, 0.05) is 10.4 Å². The molecule has 2 rings (SSSR count). The first-order valence-electron chi connectivity index (χ1n) is 5.32. The zero-order valence-corrected chi connectivity index (χ0v) is 10.6. The SMILES string of the molecule is O=C(O)Cc1sc(-c2ccc(F)cc2)nc1C(F)(F)F. The molecule has 1 heterocycles. The molecule has 0 radical (unpaired) electrons. The molecule has 0 atom stereocenters. The Morgan fingerprint density at radius 1 is 1.25 bits per heavy atom. The molecule has 0 saturated heterocycles. The van der Waals surface area contributed by atoms with Crippen LogP contribution in [0.15, 0.2) is 24.3 Å². The summed E-state index contributed by atoms with van der Waals surface area (Å²) in [6.07, 6.45) is -5.48. The van der Waals surface area contributed by atoms with E-state index >= 15 is 0 Å². The van der Waals surface area contributed by atoms with E-state index in [0.717, 1.165) is 12.1 Å². The number of rotatable bonds is 3. The second kappa shape index (κ2) is 5.20. The molecule has 0 amide bonds. The minimum Gasteiger partial charge on any atom is -0.481 e. The van der Waals surface area contributed by atoms with Crippen molar-refractivity contribution >= 4 is 17.3 Å². The summed E-state index contributed by atoms with van der Waals surface area (Å²) < 4.78 is 51.1. The fourth-order valence-corrected chi connectivity index (χ4v) is 2.62. The van der Waals surface area contributed by atoms with Crippen LogP contribution in [0.2, 0.25) is 0 Å². The van der Waals surface area contributed by atoms with Crippen molar-refractivity contribution in [3.63, 3.8) is 0 Å². The number of nitrogens with zero attached hydrogens (tertiary/aromatic N) is 1. The van der Waals surface area contributed by atoms with Crippen LogP contribution in [-0.2, 0) is 17.4 Å². The summed E-state index contributed by atoms with van der Waals surface area (Å²) in [6, 6.07) is 4.78. The summed E-state index contributed by atoms with van der Waals surface area (Å²) in [5.74, 6) is -1.89. The Kier molecular flexibility index (Phi) is 3.76. The molecule has 8 heteroatoms. The van der Waals surface area contributed by atoms with Gasteiger partial charge < -0.3 is 5.11 Å². The molecule has 1 aromatic heterocycles. The number of benzene rings is 1. The van der Waals surface area contributed by atoms with Crippen LogP contribution in [0.5, 0.6) is 0 Å². The van der Waals surface area contributed by atoms with E-state index in [-0.39, 0.29) is 9.88 Å². The standard InChI is InChI=1S/C12H7F4NO2S/c13-7-3-1-6(2-4-7)11-17-10(12(14,15)16)8(20-11)5-9(18)19/h1-4H,5H2,(H,18,19). The quantitative estimate of drug-likeness (QED) is 0.882. The monoisotopic (exact) mass is 305 g/mol. The van der Waals surface area contributed by atoms with Gasteiger partial charge in [-0.1, -0.05) is 0 Å². The number of halogens is 4. The lowest BCUT2D eigenvalue weighted by Crippen LogP contribution is -2.11. The van der Waals surface area contributed by atoms with Crippen molar-refractivity contribution in [2.24, 2.45) is 0 Å².